The van der Waals surface area contributed by atoms with Gasteiger partial charge in [-0.3, -0.25) is 14.4 Å². The summed E-state index contributed by atoms with van der Waals surface area (Å²) in [5.74, 6) is -0.0370. The Hall–Kier alpha value is -1.39. The molecule has 0 aromatic rings. The summed E-state index contributed by atoms with van der Waals surface area (Å²) in [7, 11) is 1.62. The minimum atomic E-state index is -0.0791. The minimum Gasteiger partial charge on any atom is -0.340 e. The molecule has 0 saturated carbocycles. The summed E-state index contributed by atoms with van der Waals surface area (Å²) in [5, 5.41) is 0. The molecule has 1 aliphatic rings. The van der Waals surface area contributed by atoms with E-state index in [1.54, 1.807) is 11.9 Å². The number of hydrogen-bond donors (Lipinski definition) is 0. The normalized spacial score (nSPS) is 18.0. The average molecular weight is 212 g/mol. The third-order valence-electron chi connectivity index (χ3n) is 2.48. The summed E-state index contributed by atoms with van der Waals surface area (Å²) in [6.45, 7) is 2.47. The van der Waals surface area contributed by atoms with Crippen molar-refractivity contribution in [2.45, 2.75) is 19.8 Å². The van der Waals surface area contributed by atoms with E-state index >= 15 is 0 Å². The molecule has 5 nitrogen and oxygen atoms in total. The van der Waals surface area contributed by atoms with E-state index in [1.165, 1.54) is 11.8 Å². The van der Waals surface area contributed by atoms with Gasteiger partial charge in [0, 0.05) is 33.0 Å². The lowest BCUT2D eigenvalue weighted by atomic mass is 10.3. The molecule has 0 spiro atoms. The fourth-order valence-electron chi connectivity index (χ4n) is 1.47. The van der Waals surface area contributed by atoms with Gasteiger partial charge in [-0.1, -0.05) is 0 Å². The summed E-state index contributed by atoms with van der Waals surface area (Å²) in [4.78, 5) is 36.7. The summed E-state index contributed by atoms with van der Waals surface area (Å²) < 4.78 is 0. The topological polar surface area (TPSA) is 57.7 Å². The number of carbonyl (C=O) groups excluding carboxylic acids is 3. The summed E-state index contributed by atoms with van der Waals surface area (Å²) in [5.41, 5.74) is 0. The van der Waals surface area contributed by atoms with Gasteiger partial charge < -0.3 is 9.80 Å². The van der Waals surface area contributed by atoms with Crippen molar-refractivity contribution in [3.8, 4) is 0 Å². The Morgan fingerprint density at radius 3 is 2.60 bits per heavy atom. The molecule has 0 aliphatic carbocycles. The van der Waals surface area contributed by atoms with Gasteiger partial charge in [-0.2, -0.15) is 0 Å². The van der Waals surface area contributed by atoms with Crippen LogP contribution >= 0.6 is 0 Å². The molecule has 84 valence electrons. The molecule has 0 atom stereocenters. The van der Waals surface area contributed by atoms with Crippen LogP contribution in [0.5, 0.6) is 0 Å². The van der Waals surface area contributed by atoms with Crippen LogP contribution < -0.4 is 0 Å². The number of nitrogens with zero attached hydrogens (tertiary/aromatic N) is 2. The Morgan fingerprint density at radius 1 is 1.33 bits per heavy atom. The summed E-state index contributed by atoms with van der Waals surface area (Å²) >= 11 is 0. The van der Waals surface area contributed by atoms with Crippen LogP contribution in [0.3, 0.4) is 0 Å². The smallest absolute Gasteiger partial charge is 0.242 e. The molecule has 1 fully saturated rings. The highest BCUT2D eigenvalue weighted by atomic mass is 16.2. The third-order valence-corrected chi connectivity index (χ3v) is 2.48. The molecule has 1 heterocycles. The Labute approximate surface area is 89.0 Å². The molecule has 0 unspecified atom stereocenters. The molecule has 0 aromatic heterocycles. The van der Waals surface area contributed by atoms with E-state index in [9.17, 15) is 14.4 Å². The Bertz CT molecular complexity index is 286. The van der Waals surface area contributed by atoms with E-state index in [0.717, 1.165) is 0 Å². The number of hydrogen-bond acceptors (Lipinski definition) is 3. The molecule has 1 saturated heterocycles. The molecule has 1 aliphatic heterocycles. The molecule has 0 radical (unpaired) electrons. The van der Waals surface area contributed by atoms with Crippen LogP contribution in [0.1, 0.15) is 19.8 Å². The van der Waals surface area contributed by atoms with E-state index in [-0.39, 0.29) is 24.1 Å². The van der Waals surface area contributed by atoms with E-state index in [4.69, 9.17) is 0 Å². The zero-order valence-electron chi connectivity index (χ0n) is 9.15. The summed E-state index contributed by atoms with van der Waals surface area (Å²) in [6.07, 6.45) is 0.712. The molecule has 2 amide bonds. The van der Waals surface area contributed by atoms with Gasteiger partial charge in [-0.15, -0.1) is 0 Å². The van der Waals surface area contributed by atoms with Crippen LogP contribution in [0.4, 0.5) is 0 Å². The highest BCUT2D eigenvalue weighted by Gasteiger charge is 2.23. The lowest BCUT2D eigenvalue weighted by Gasteiger charge is -2.19. The summed E-state index contributed by atoms with van der Waals surface area (Å²) in [6, 6.07) is 0. The van der Waals surface area contributed by atoms with E-state index < -0.39 is 0 Å². The maximum Gasteiger partial charge on any atom is 0.242 e. The Balaban J connectivity index is 2.54. The molecule has 0 aromatic carbocycles. The van der Waals surface area contributed by atoms with Crippen LogP contribution in [0.15, 0.2) is 0 Å². The molecule has 15 heavy (non-hydrogen) atoms. The molecular formula is C10H16N2O3. The molecule has 1 rings (SSSR count). The first-order valence-corrected chi connectivity index (χ1v) is 5.02. The van der Waals surface area contributed by atoms with Gasteiger partial charge in [-0.25, -0.2) is 0 Å². The molecule has 5 heteroatoms. The van der Waals surface area contributed by atoms with E-state index in [1.807, 2.05) is 0 Å². The predicted octanol–water partition coefficient (Wildman–Crippen LogP) is -0.344. The van der Waals surface area contributed by atoms with Crippen LogP contribution in [-0.4, -0.2) is 54.1 Å². The zero-order valence-corrected chi connectivity index (χ0v) is 9.15. The first-order chi connectivity index (χ1) is 7.00. The quantitative estimate of drug-likeness (QED) is 0.643. The minimum absolute atomic E-state index is 0.0197. The highest BCUT2D eigenvalue weighted by Crippen LogP contribution is 2.04. The molecule has 0 bridgehead atoms. The number of Topliss-reactive ketones (excluding diaryl/α,β-unsaturated/α-hetero) is 1. The highest BCUT2D eigenvalue weighted by molar-refractivity contribution is 5.87. The van der Waals surface area contributed by atoms with Crippen molar-refractivity contribution < 1.29 is 14.4 Å². The van der Waals surface area contributed by atoms with Crippen LogP contribution in [0, 0.1) is 0 Å². The van der Waals surface area contributed by atoms with Crippen LogP contribution in [-0.2, 0) is 14.4 Å². The number of likely N-dealkylation sites (N-methyl/N-ethyl adjacent to an activating group) is 1. The van der Waals surface area contributed by atoms with Gasteiger partial charge in [-0.05, 0) is 6.92 Å². The fraction of sp³-hybridized carbons (Fsp3) is 0.700. The lowest BCUT2D eigenvalue weighted by Crippen LogP contribution is -2.37. The third kappa shape index (κ3) is 3.34. The molecule has 0 N–H and O–H groups in total. The molecular weight excluding hydrogens is 196 g/mol. The van der Waals surface area contributed by atoms with Gasteiger partial charge in [0.25, 0.3) is 0 Å². The van der Waals surface area contributed by atoms with Crippen molar-refractivity contribution >= 4 is 17.6 Å². The number of amides is 2. The number of rotatable bonds is 3. The van der Waals surface area contributed by atoms with Gasteiger partial charge in [0.1, 0.15) is 5.78 Å². The zero-order chi connectivity index (χ0) is 11.4. The van der Waals surface area contributed by atoms with Crippen molar-refractivity contribution in [2.75, 3.05) is 26.7 Å². The first kappa shape index (κ1) is 11.7. The van der Waals surface area contributed by atoms with E-state index in [2.05, 4.69) is 0 Å². The number of carbonyl (C=O) groups is 3. The van der Waals surface area contributed by atoms with Crippen molar-refractivity contribution in [3.05, 3.63) is 0 Å². The van der Waals surface area contributed by atoms with Crippen molar-refractivity contribution in [1.82, 2.24) is 9.80 Å². The SMILES string of the molecule is CC(=O)CCN1CCC(=O)N(C)CC1=O. The monoisotopic (exact) mass is 212 g/mol. The second kappa shape index (κ2) is 4.91. The standard InChI is InChI=1S/C10H16N2O3/c1-8(13)3-5-12-6-4-9(14)11(2)7-10(12)15/h3-7H2,1-2H3. The van der Waals surface area contributed by atoms with Crippen LogP contribution in [0.2, 0.25) is 0 Å². The van der Waals surface area contributed by atoms with Gasteiger partial charge >= 0.3 is 0 Å². The van der Waals surface area contributed by atoms with Gasteiger partial charge in [0.2, 0.25) is 11.8 Å². The van der Waals surface area contributed by atoms with Crippen molar-refractivity contribution in [2.24, 2.45) is 0 Å². The first-order valence-electron chi connectivity index (χ1n) is 5.02. The predicted molar refractivity (Wildman–Crippen MR) is 54.1 cm³/mol. The fourth-order valence-corrected chi connectivity index (χ4v) is 1.47. The maximum absolute atomic E-state index is 11.6. The maximum atomic E-state index is 11.6. The Kier molecular flexibility index (Phi) is 3.82. The van der Waals surface area contributed by atoms with Gasteiger partial charge in [0.05, 0.1) is 6.54 Å². The average Bonchev–Trinajstić information content (AvgIpc) is 2.26. The van der Waals surface area contributed by atoms with E-state index in [0.29, 0.717) is 25.9 Å². The number of ketones is 1. The van der Waals surface area contributed by atoms with Crippen LogP contribution in [0.25, 0.3) is 0 Å². The lowest BCUT2D eigenvalue weighted by molar-refractivity contribution is -0.135. The largest absolute Gasteiger partial charge is 0.340 e. The second-order valence-electron chi connectivity index (χ2n) is 3.83. The Morgan fingerprint density at radius 2 is 2.00 bits per heavy atom. The van der Waals surface area contributed by atoms with Crippen molar-refractivity contribution in [1.29, 1.82) is 0 Å². The van der Waals surface area contributed by atoms with Crippen molar-refractivity contribution in [3.63, 3.8) is 0 Å². The second-order valence-corrected chi connectivity index (χ2v) is 3.83. The van der Waals surface area contributed by atoms with Gasteiger partial charge in [0.15, 0.2) is 0 Å².